The number of hydrogen-bond donors (Lipinski definition) is 1. The molecule has 1 saturated heterocycles. The number of amides is 1. The van der Waals surface area contributed by atoms with Crippen molar-refractivity contribution < 1.29 is 4.79 Å². The Hall–Kier alpha value is -2.33. The van der Waals surface area contributed by atoms with Gasteiger partial charge in [0.1, 0.15) is 0 Å². The quantitative estimate of drug-likeness (QED) is 0.795. The van der Waals surface area contributed by atoms with Gasteiger partial charge in [0, 0.05) is 44.0 Å². The summed E-state index contributed by atoms with van der Waals surface area (Å²) < 4.78 is 0. The fraction of sp³-hybridized carbons (Fsp3) is 0.435. The van der Waals surface area contributed by atoms with Gasteiger partial charge in [0.15, 0.2) is 0 Å². The number of rotatable bonds is 6. The van der Waals surface area contributed by atoms with E-state index < -0.39 is 0 Å². The molecule has 2 aromatic carbocycles. The summed E-state index contributed by atoms with van der Waals surface area (Å²) in [5, 5.41) is 3.07. The Morgan fingerprint density at radius 3 is 2.48 bits per heavy atom. The summed E-state index contributed by atoms with van der Waals surface area (Å²) in [6, 6.07) is 14.6. The number of carbonyl (C=O) groups is 1. The second-order valence-electron chi connectivity index (χ2n) is 7.52. The van der Waals surface area contributed by atoms with Gasteiger partial charge in [-0.05, 0) is 68.6 Å². The molecule has 1 aliphatic rings. The zero-order chi connectivity index (χ0) is 19.2. The van der Waals surface area contributed by atoms with Crippen molar-refractivity contribution in [3.05, 3.63) is 64.7 Å². The van der Waals surface area contributed by atoms with E-state index in [9.17, 15) is 4.79 Å². The standard InChI is InChI=1S/C23H31N3O/c1-18-7-4-9-21(17-18)26-15-13-25(14-16-26)12-6-11-24-23(27)22-10-5-8-19(2)20(22)3/h4-5,7-10,17H,6,11-16H2,1-3H3,(H,24,27). The maximum Gasteiger partial charge on any atom is 0.251 e. The number of anilines is 1. The zero-order valence-corrected chi connectivity index (χ0v) is 16.8. The predicted molar refractivity (Wildman–Crippen MR) is 113 cm³/mol. The van der Waals surface area contributed by atoms with Gasteiger partial charge in [-0.25, -0.2) is 0 Å². The number of hydrogen-bond acceptors (Lipinski definition) is 3. The van der Waals surface area contributed by atoms with Crippen LogP contribution in [0.1, 0.15) is 33.5 Å². The minimum atomic E-state index is 0.0421. The maximum absolute atomic E-state index is 12.4. The summed E-state index contributed by atoms with van der Waals surface area (Å²) in [5.74, 6) is 0.0421. The van der Waals surface area contributed by atoms with Crippen LogP contribution in [0.3, 0.4) is 0 Å². The fourth-order valence-electron chi connectivity index (χ4n) is 3.65. The Kier molecular flexibility index (Phi) is 6.51. The molecule has 2 aromatic rings. The van der Waals surface area contributed by atoms with E-state index in [-0.39, 0.29) is 5.91 Å². The summed E-state index contributed by atoms with van der Waals surface area (Å²) in [5.41, 5.74) is 5.67. The van der Waals surface area contributed by atoms with Crippen molar-refractivity contribution in [2.24, 2.45) is 0 Å². The molecular weight excluding hydrogens is 334 g/mol. The average molecular weight is 366 g/mol. The second-order valence-corrected chi connectivity index (χ2v) is 7.52. The SMILES string of the molecule is Cc1cccc(N2CCN(CCCNC(=O)c3cccc(C)c3C)CC2)c1. The van der Waals surface area contributed by atoms with E-state index in [0.717, 1.165) is 62.4 Å². The van der Waals surface area contributed by atoms with Crippen molar-refractivity contribution in [1.82, 2.24) is 10.2 Å². The van der Waals surface area contributed by atoms with Gasteiger partial charge in [0.25, 0.3) is 5.91 Å². The van der Waals surface area contributed by atoms with Gasteiger partial charge in [-0.15, -0.1) is 0 Å². The first-order chi connectivity index (χ1) is 13.0. The first-order valence-electron chi connectivity index (χ1n) is 9.93. The molecule has 4 nitrogen and oxygen atoms in total. The van der Waals surface area contributed by atoms with Crippen LogP contribution in [0.2, 0.25) is 0 Å². The van der Waals surface area contributed by atoms with E-state index in [1.807, 2.05) is 32.0 Å². The van der Waals surface area contributed by atoms with Crippen LogP contribution >= 0.6 is 0 Å². The predicted octanol–water partition coefficient (Wildman–Crippen LogP) is 3.55. The van der Waals surface area contributed by atoms with E-state index in [2.05, 4.69) is 46.3 Å². The second kappa shape index (κ2) is 9.05. The minimum absolute atomic E-state index is 0.0421. The lowest BCUT2D eigenvalue weighted by molar-refractivity contribution is 0.0950. The molecule has 0 atom stereocenters. The van der Waals surface area contributed by atoms with Gasteiger partial charge in [0.2, 0.25) is 0 Å². The van der Waals surface area contributed by atoms with Gasteiger partial charge in [-0.1, -0.05) is 24.3 Å². The van der Waals surface area contributed by atoms with E-state index in [0.29, 0.717) is 0 Å². The highest BCUT2D eigenvalue weighted by atomic mass is 16.1. The molecule has 1 amide bonds. The molecule has 4 heteroatoms. The van der Waals surface area contributed by atoms with Crippen LogP contribution in [-0.2, 0) is 0 Å². The van der Waals surface area contributed by atoms with Crippen LogP contribution < -0.4 is 10.2 Å². The van der Waals surface area contributed by atoms with Crippen LogP contribution in [0, 0.1) is 20.8 Å². The van der Waals surface area contributed by atoms with E-state index in [4.69, 9.17) is 0 Å². The lowest BCUT2D eigenvalue weighted by atomic mass is 10.0. The third-order valence-corrected chi connectivity index (χ3v) is 5.53. The van der Waals surface area contributed by atoms with E-state index in [1.54, 1.807) is 0 Å². The van der Waals surface area contributed by atoms with Gasteiger partial charge in [-0.3, -0.25) is 9.69 Å². The van der Waals surface area contributed by atoms with Crippen molar-refractivity contribution in [1.29, 1.82) is 0 Å². The maximum atomic E-state index is 12.4. The highest BCUT2D eigenvalue weighted by Crippen LogP contribution is 2.18. The smallest absolute Gasteiger partial charge is 0.251 e. The van der Waals surface area contributed by atoms with Gasteiger partial charge in [0.05, 0.1) is 0 Å². The molecular formula is C23H31N3O. The Morgan fingerprint density at radius 1 is 1.00 bits per heavy atom. The van der Waals surface area contributed by atoms with Crippen molar-refractivity contribution in [2.75, 3.05) is 44.2 Å². The Bertz CT molecular complexity index is 779. The van der Waals surface area contributed by atoms with Gasteiger partial charge >= 0.3 is 0 Å². The Balaban J connectivity index is 1.38. The van der Waals surface area contributed by atoms with Crippen molar-refractivity contribution in [3.8, 4) is 0 Å². The first kappa shape index (κ1) is 19.4. The molecule has 1 aliphatic heterocycles. The highest BCUT2D eigenvalue weighted by molar-refractivity contribution is 5.95. The molecule has 0 radical (unpaired) electrons. The van der Waals surface area contributed by atoms with Gasteiger partial charge < -0.3 is 10.2 Å². The molecule has 0 bridgehead atoms. The molecule has 144 valence electrons. The lowest BCUT2D eigenvalue weighted by Gasteiger charge is -2.36. The summed E-state index contributed by atoms with van der Waals surface area (Å²) in [6.07, 6.45) is 0.987. The molecule has 0 aromatic heterocycles. The number of aryl methyl sites for hydroxylation is 2. The summed E-state index contributed by atoms with van der Waals surface area (Å²) in [4.78, 5) is 17.3. The molecule has 0 saturated carbocycles. The summed E-state index contributed by atoms with van der Waals surface area (Å²) in [7, 11) is 0. The third-order valence-electron chi connectivity index (χ3n) is 5.53. The molecule has 1 heterocycles. The molecule has 0 unspecified atom stereocenters. The monoisotopic (exact) mass is 365 g/mol. The minimum Gasteiger partial charge on any atom is -0.369 e. The number of piperazine rings is 1. The van der Waals surface area contributed by atoms with E-state index >= 15 is 0 Å². The van der Waals surface area contributed by atoms with Crippen molar-refractivity contribution >= 4 is 11.6 Å². The molecule has 3 rings (SSSR count). The Labute approximate surface area is 163 Å². The zero-order valence-electron chi connectivity index (χ0n) is 16.8. The lowest BCUT2D eigenvalue weighted by Crippen LogP contribution is -2.47. The molecule has 0 aliphatic carbocycles. The Morgan fingerprint density at radius 2 is 1.74 bits per heavy atom. The highest BCUT2D eigenvalue weighted by Gasteiger charge is 2.17. The van der Waals surface area contributed by atoms with Crippen LogP contribution in [-0.4, -0.2) is 50.1 Å². The molecule has 0 spiro atoms. The number of benzene rings is 2. The van der Waals surface area contributed by atoms with Crippen molar-refractivity contribution in [2.45, 2.75) is 27.2 Å². The molecule has 27 heavy (non-hydrogen) atoms. The number of carbonyl (C=O) groups excluding carboxylic acids is 1. The molecule has 1 N–H and O–H groups in total. The molecule has 1 fully saturated rings. The fourth-order valence-corrected chi connectivity index (χ4v) is 3.65. The third kappa shape index (κ3) is 5.10. The van der Waals surface area contributed by atoms with Crippen molar-refractivity contribution in [3.63, 3.8) is 0 Å². The van der Waals surface area contributed by atoms with Crippen LogP contribution in [0.4, 0.5) is 5.69 Å². The van der Waals surface area contributed by atoms with E-state index in [1.165, 1.54) is 11.3 Å². The van der Waals surface area contributed by atoms with Crippen LogP contribution in [0.25, 0.3) is 0 Å². The van der Waals surface area contributed by atoms with Gasteiger partial charge in [-0.2, -0.15) is 0 Å². The summed E-state index contributed by atoms with van der Waals surface area (Å²) in [6.45, 7) is 12.3. The average Bonchev–Trinajstić information content (AvgIpc) is 2.68. The number of nitrogens with zero attached hydrogens (tertiary/aromatic N) is 2. The first-order valence-corrected chi connectivity index (χ1v) is 9.93. The summed E-state index contributed by atoms with van der Waals surface area (Å²) >= 11 is 0. The normalized spacial score (nSPS) is 15.0. The largest absolute Gasteiger partial charge is 0.369 e. The van der Waals surface area contributed by atoms with Crippen LogP contribution in [0.5, 0.6) is 0 Å². The topological polar surface area (TPSA) is 35.6 Å². The number of nitrogens with one attached hydrogen (secondary N) is 1. The van der Waals surface area contributed by atoms with Crippen LogP contribution in [0.15, 0.2) is 42.5 Å².